The Morgan fingerprint density at radius 3 is 2.38 bits per heavy atom. The molecule has 0 spiro atoms. The van der Waals surface area contributed by atoms with Gasteiger partial charge in [0.1, 0.15) is 11.9 Å². The summed E-state index contributed by atoms with van der Waals surface area (Å²) >= 11 is 0. The molecule has 1 rings (SSSR count). The molecule has 1 aromatic rings. The molecule has 0 saturated carbocycles. The number of aromatic nitrogens is 1. The lowest BCUT2D eigenvalue weighted by Gasteiger charge is -2.14. The topological polar surface area (TPSA) is 120 Å². The van der Waals surface area contributed by atoms with Crippen LogP contribution in [0, 0.1) is 0 Å². The van der Waals surface area contributed by atoms with E-state index in [4.69, 9.17) is 10.2 Å². The molecule has 21 heavy (non-hydrogen) atoms. The van der Waals surface area contributed by atoms with Crippen LogP contribution in [-0.4, -0.2) is 53.2 Å². The van der Waals surface area contributed by atoms with Crippen molar-refractivity contribution in [3.63, 3.8) is 0 Å². The summed E-state index contributed by atoms with van der Waals surface area (Å²) in [6, 6.07) is 1.90. The zero-order valence-electron chi connectivity index (χ0n) is 11.7. The van der Waals surface area contributed by atoms with E-state index in [0.29, 0.717) is 5.82 Å². The Morgan fingerprint density at radius 2 is 1.95 bits per heavy atom. The molecular weight excluding hydrogens is 278 g/mol. The Labute approximate surface area is 121 Å². The number of aliphatic carboxylic acids is 2. The first-order chi connectivity index (χ1) is 9.81. The molecule has 1 aromatic heterocycles. The van der Waals surface area contributed by atoms with Gasteiger partial charge in [0.05, 0.1) is 5.56 Å². The van der Waals surface area contributed by atoms with Gasteiger partial charge in [0.15, 0.2) is 0 Å². The molecular formula is C13H17N3O5. The summed E-state index contributed by atoms with van der Waals surface area (Å²) in [5, 5.41) is 19.8. The number of rotatable bonds is 7. The summed E-state index contributed by atoms with van der Waals surface area (Å²) in [7, 11) is 3.60. The van der Waals surface area contributed by atoms with Gasteiger partial charge in [0, 0.05) is 26.7 Å². The van der Waals surface area contributed by atoms with Crippen LogP contribution in [0.1, 0.15) is 23.2 Å². The summed E-state index contributed by atoms with van der Waals surface area (Å²) in [5.74, 6) is -2.34. The molecule has 0 aliphatic carbocycles. The van der Waals surface area contributed by atoms with Crippen LogP contribution in [0.15, 0.2) is 18.3 Å². The first kappa shape index (κ1) is 16.4. The molecule has 0 saturated heterocycles. The van der Waals surface area contributed by atoms with Crippen molar-refractivity contribution >= 4 is 23.7 Å². The molecule has 1 amide bonds. The molecule has 0 radical (unpaired) electrons. The van der Waals surface area contributed by atoms with Crippen molar-refractivity contribution in [3.8, 4) is 0 Å². The van der Waals surface area contributed by atoms with Gasteiger partial charge < -0.3 is 20.4 Å². The van der Waals surface area contributed by atoms with Gasteiger partial charge in [0.25, 0.3) is 5.91 Å². The molecule has 0 fully saturated rings. The fraction of sp³-hybridized carbons (Fsp3) is 0.385. The van der Waals surface area contributed by atoms with Crippen molar-refractivity contribution in [2.75, 3.05) is 19.0 Å². The fourth-order valence-corrected chi connectivity index (χ4v) is 1.55. The second kappa shape index (κ2) is 7.22. The number of carboxylic acid groups (broad SMARTS) is 2. The lowest BCUT2D eigenvalue weighted by Crippen LogP contribution is -2.41. The predicted molar refractivity (Wildman–Crippen MR) is 74.3 cm³/mol. The van der Waals surface area contributed by atoms with Gasteiger partial charge in [-0.25, -0.2) is 9.78 Å². The van der Waals surface area contributed by atoms with Crippen LogP contribution in [0.2, 0.25) is 0 Å². The van der Waals surface area contributed by atoms with Crippen molar-refractivity contribution < 1.29 is 24.6 Å². The smallest absolute Gasteiger partial charge is 0.326 e. The Kier molecular flexibility index (Phi) is 5.65. The van der Waals surface area contributed by atoms with E-state index in [1.54, 1.807) is 25.1 Å². The highest BCUT2D eigenvalue weighted by molar-refractivity contribution is 5.96. The minimum atomic E-state index is -1.28. The van der Waals surface area contributed by atoms with Crippen molar-refractivity contribution in [2.45, 2.75) is 18.9 Å². The average molecular weight is 295 g/mol. The highest BCUT2D eigenvalue weighted by atomic mass is 16.4. The van der Waals surface area contributed by atoms with Crippen molar-refractivity contribution in [2.24, 2.45) is 0 Å². The van der Waals surface area contributed by atoms with E-state index in [0.717, 1.165) is 0 Å². The molecule has 8 heteroatoms. The molecule has 0 unspecified atom stereocenters. The number of pyridine rings is 1. The van der Waals surface area contributed by atoms with Crippen molar-refractivity contribution in [1.82, 2.24) is 10.3 Å². The second-order valence-electron chi connectivity index (χ2n) is 4.60. The Hall–Kier alpha value is -2.64. The lowest BCUT2D eigenvalue weighted by atomic mass is 10.1. The molecule has 1 heterocycles. The monoisotopic (exact) mass is 295 g/mol. The van der Waals surface area contributed by atoms with E-state index in [2.05, 4.69) is 10.3 Å². The van der Waals surface area contributed by atoms with Gasteiger partial charge in [-0.3, -0.25) is 9.59 Å². The van der Waals surface area contributed by atoms with Gasteiger partial charge in [0.2, 0.25) is 0 Å². The number of amides is 1. The zero-order valence-corrected chi connectivity index (χ0v) is 11.7. The molecule has 0 aliphatic rings. The van der Waals surface area contributed by atoms with Gasteiger partial charge in [-0.15, -0.1) is 0 Å². The predicted octanol–water partition coefficient (Wildman–Crippen LogP) is 0.195. The van der Waals surface area contributed by atoms with E-state index in [-0.39, 0.29) is 18.4 Å². The first-order valence-corrected chi connectivity index (χ1v) is 6.20. The number of carbonyl (C=O) groups is 3. The molecule has 1 atom stereocenters. The van der Waals surface area contributed by atoms with Gasteiger partial charge in [-0.05, 0) is 18.6 Å². The van der Waals surface area contributed by atoms with Crippen LogP contribution in [0.3, 0.4) is 0 Å². The van der Waals surface area contributed by atoms with Crippen LogP contribution in [0.25, 0.3) is 0 Å². The van der Waals surface area contributed by atoms with Gasteiger partial charge in [-0.2, -0.15) is 0 Å². The normalized spacial score (nSPS) is 11.5. The Morgan fingerprint density at radius 1 is 1.29 bits per heavy atom. The zero-order chi connectivity index (χ0) is 16.0. The molecule has 8 nitrogen and oxygen atoms in total. The number of nitrogens with zero attached hydrogens (tertiary/aromatic N) is 2. The maximum absolute atomic E-state index is 11.9. The standard InChI is InChI=1S/C13H17N3O5/c1-16(2)10-5-3-8(7-14-10)12(19)15-9(13(20)21)4-6-11(17)18/h3,5,7,9H,4,6H2,1-2H3,(H,15,19)(H,17,18)(H,20,21)/t9-/m0/s1. The van der Waals surface area contributed by atoms with E-state index in [9.17, 15) is 14.4 Å². The van der Waals surface area contributed by atoms with Crippen LogP contribution < -0.4 is 10.2 Å². The van der Waals surface area contributed by atoms with Crippen molar-refractivity contribution in [1.29, 1.82) is 0 Å². The van der Waals surface area contributed by atoms with Gasteiger partial charge in [-0.1, -0.05) is 0 Å². The highest BCUT2D eigenvalue weighted by Gasteiger charge is 2.21. The number of hydrogen-bond donors (Lipinski definition) is 3. The number of carbonyl (C=O) groups excluding carboxylic acids is 1. The van der Waals surface area contributed by atoms with E-state index >= 15 is 0 Å². The largest absolute Gasteiger partial charge is 0.481 e. The minimum absolute atomic E-state index is 0.181. The van der Waals surface area contributed by atoms with Crippen LogP contribution >= 0.6 is 0 Å². The molecule has 0 bridgehead atoms. The SMILES string of the molecule is CN(C)c1ccc(C(=O)N[C@@H](CCC(=O)O)C(=O)O)cn1. The Bertz CT molecular complexity index is 527. The molecule has 0 aromatic carbocycles. The van der Waals surface area contributed by atoms with Crippen molar-refractivity contribution in [3.05, 3.63) is 23.9 Å². The summed E-state index contributed by atoms with van der Waals surface area (Å²) in [5.41, 5.74) is 0.210. The number of hydrogen-bond acceptors (Lipinski definition) is 5. The second-order valence-corrected chi connectivity index (χ2v) is 4.60. The number of carboxylic acids is 2. The van der Waals surface area contributed by atoms with Crippen LogP contribution in [-0.2, 0) is 9.59 Å². The number of nitrogens with one attached hydrogen (secondary N) is 1. The quantitative estimate of drug-likeness (QED) is 0.657. The highest BCUT2D eigenvalue weighted by Crippen LogP contribution is 2.08. The third-order valence-corrected chi connectivity index (χ3v) is 2.72. The average Bonchev–Trinajstić information content (AvgIpc) is 2.42. The molecule has 0 aliphatic heterocycles. The fourth-order valence-electron chi connectivity index (χ4n) is 1.55. The summed E-state index contributed by atoms with van der Waals surface area (Å²) in [6.45, 7) is 0. The third kappa shape index (κ3) is 5.09. The van der Waals surface area contributed by atoms with Crippen LogP contribution in [0.4, 0.5) is 5.82 Å². The maximum atomic E-state index is 11.9. The molecule has 3 N–H and O–H groups in total. The van der Waals surface area contributed by atoms with Gasteiger partial charge >= 0.3 is 11.9 Å². The van der Waals surface area contributed by atoms with E-state index in [1.165, 1.54) is 12.3 Å². The maximum Gasteiger partial charge on any atom is 0.326 e. The number of anilines is 1. The third-order valence-electron chi connectivity index (χ3n) is 2.72. The summed E-state index contributed by atoms with van der Waals surface area (Å²) in [6.07, 6.45) is 0.815. The Balaban J connectivity index is 2.72. The minimum Gasteiger partial charge on any atom is -0.481 e. The lowest BCUT2D eigenvalue weighted by molar-refractivity contribution is -0.140. The van der Waals surface area contributed by atoms with E-state index in [1.807, 2.05) is 0 Å². The van der Waals surface area contributed by atoms with Crippen LogP contribution in [0.5, 0.6) is 0 Å². The molecule has 114 valence electrons. The summed E-state index contributed by atoms with van der Waals surface area (Å²) in [4.78, 5) is 39.2. The first-order valence-electron chi connectivity index (χ1n) is 6.20. The van der Waals surface area contributed by atoms with E-state index < -0.39 is 23.9 Å². The summed E-state index contributed by atoms with van der Waals surface area (Å²) < 4.78 is 0.